The lowest BCUT2D eigenvalue weighted by Crippen LogP contribution is -1.93. The Labute approximate surface area is 161 Å². The monoisotopic (exact) mass is 377 g/mol. The second-order valence-corrected chi connectivity index (χ2v) is 6.40. The standard InChI is InChI=1S/C21H13Cl2N3/c22-20-24-19(25-21(23)26-20)18-11-5-10-17(13-18)16-9-4-8-15(12-16)14-6-2-1-3-7-14/h1-13H. The number of nitrogens with zero attached hydrogens (tertiary/aromatic N) is 3. The predicted octanol–water partition coefficient (Wildman–Crippen LogP) is 6.18. The average molecular weight is 378 g/mol. The molecule has 5 heteroatoms. The normalized spacial score (nSPS) is 10.7. The van der Waals surface area contributed by atoms with E-state index in [1.165, 1.54) is 11.1 Å². The zero-order chi connectivity index (χ0) is 17.9. The first kappa shape index (κ1) is 16.7. The van der Waals surface area contributed by atoms with Gasteiger partial charge in [-0.15, -0.1) is 0 Å². The van der Waals surface area contributed by atoms with Crippen molar-refractivity contribution in [3.05, 3.63) is 89.4 Å². The van der Waals surface area contributed by atoms with Crippen LogP contribution in [0.5, 0.6) is 0 Å². The van der Waals surface area contributed by atoms with Crippen LogP contribution in [-0.2, 0) is 0 Å². The van der Waals surface area contributed by atoms with Gasteiger partial charge in [0, 0.05) is 5.56 Å². The van der Waals surface area contributed by atoms with Crippen molar-refractivity contribution in [2.45, 2.75) is 0 Å². The van der Waals surface area contributed by atoms with Gasteiger partial charge in [0.15, 0.2) is 5.82 Å². The highest BCUT2D eigenvalue weighted by atomic mass is 35.5. The highest BCUT2D eigenvalue weighted by Crippen LogP contribution is 2.29. The maximum absolute atomic E-state index is 5.90. The SMILES string of the molecule is Clc1nc(Cl)nc(-c2cccc(-c3cccc(-c4ccccc4)c3)c2)n1. The average Bonchev–Trinajstić information content (AvgIpc) is 2.68. The maximum Gasteiger partial charge on any atom is 0.227 e. The number of hydrogen-bond acceptors (Lipinski definition) is 3. The predicted molar refractivity (Wildman–Crippen MR) is 106 cm³/mol. The molecule has 26 heavy (non-hydrogen) atoms. The molecule has 126 valence electrons. The van der Waals surface area contributed by atoms with Crippen molar-refractivity contribution in [2.75, 3.05) is 0 Å². The minimum absolute atomic E-state index is 0.0801. The van der Waals surface area contributed by atoms with Gasteiger partial charge < -0.3 is 0 Å². The maximum atomic E-state index is 5.90. The lowest BCUT2D eigenvalue weighted by atomic mass is 9.98. The molecular weight excluding hydrogens is 365 g/mol. The molecule has 1 heterocycles. The van der Waals surface area contributed by atoms with E-state index in [-0.39, 0.29) is 10.6 Å². The van der Waals surface area contributed by atoms with Crippen molar-refractivity contribution in [3.63, 3.8) is 0 Å². The van der Waals surface area contributed by atoms with Crippen molar-refractivity contribution < 1.29 is 0 Å². The Morgan fingerprint density at radius 1 is 0.462 bits per heavy atom. The van der Waals surface area contributed by atoms with E-state index in [0.717, 1.165) is 16.7 Å². The molecule has 0 unspecified atom stereocenters. The van der Waals surface area contributed by atoms with E-state index in [9.17, 15) is 0 Å². The Balaban J connectivity index is 1.75. The third kappa shape index (κ3) is 3.59. The van der Waals surface area contributed by atoms with Crippen LogP contribution in [0.25, 0.3) is 33.6 Å². The highest BCUT2D eigenvalue weighted by molar-refractivity contribution is 6.31. The number of halogens is 2. The summed E-state index contributed by atoms with van der Waals surface area (Å²) < 4.78 is 0. The molecule has 0 aliphatic heterocycles. The van der Waals surface area contributed by atoms with Gasteiger partial charge in [0.05, 0.1) is 0 Å². The van der Waals surface area contributed by atoms with Crippen LogP contribution < -0.4 is 0 Å². The van der Waals surface area contributed by atoms with E-state index < -0.39 is 0 Å². The summed E-state index contributed by atoms with van der Waals surface area (Å²) >= 11 is 11.8. The molecule has 0 radical (unpaired) electrons. The fourth-order valence-electron chi connectivity index (χ4n) is 2.80. The van der Waals surface area contributed by atoms with Crippen molar-refractivity contribution in [3.8, 4) is 33.6 Å². The van der Waals surface area contributed by atoms with E-state index in [4.69, 9.17) is 23.2 Å². The van der Waals surface area contributed by atoms with E-state index in [1.54, 1.807) is 0 Å². The molecular formula is C21H13Cl2N3. The van der Waals surface area contributed by atoms with Crippen LogP contribution in [0.15, 0.2) is 78.9 Å². The minimum atomic E-state index is 0.0801. The van der Waals surface area contributed by atoms with Gasteiger partial charge in [-0.05, 0) is 57.6 Å². The van der Waals surface area contributed by atoms with Crippen LogP contribution in [0, 0.1) is 0 Å². The fraction of sp³-hybridized carbons (Fsp3) is 0. The Bertz CT molecular complexity index is 1050. The smallest absolute Gasteiger partial charge is 0.198 e. The topological polar surface area (TPSA) is 38.7 Å². The molecule has 0 N–H and O–H groups in total. The van der Waals surface area contributed by atoms with Crippen molar-refractivity contribution >= 4 is 23.2 Å². The van der Waals surface area contributed by atoms with Gasteiger partial charge in [-0.25, -0.2) is 0 Å². The molecule has 4 rings (SSSR count). The molecule has 0 aliphatic carbocycles. The summed E-state index contributed by atoms with van der Waals surface area (Å²) in [5.41, 5.74) is 5.35. The molecule has 0 spiro atoms. The van der Waals surface area contributed by atoms with Gasteiger partial charge >= 0.3 is 0 Å². The molecule has 0 aliphatic rings. The summed E-state index contributed by atoms with van der Waals surface area (Å²) in [6, 6.07) is 26.7. The molecule has 0 saturated heterocycles. The quantitative estimate of drug-likeness (QED) is 0.427. The molecule has 1 aromatic heterocycles. The minimum Gasteiger partial charge on any atom is -0.198 e. The van der Waals surface area contributed by atoms with Crippen LogP contribution in [-0.4, -0.2) is 15.0 Å². The fourth-order valence-corrected chi connectivity index (χ4v) is 3.17. The summed E-state index contributed by atoms with van der Waals surface area (Å²) in [5, 5.41) is 0.160. The summed E-state index contributed by atoms with van der Waals surface area (Å²) in [6.07, 6.45) is 0. The Morgan fingerprint density at radius 2 is 0.923 bits per heavy atom. The Hall–Kier alpha value is -2.75. The van der Waals surface area contributed by atoms with Crippen molar-refractivity contribution in [1.82, 2.24) is 15.0 Å². The molecule has 0 atom stereocenters. The van der Waals surface area contributed by atoms with Crippen molar-refractivity contribution in [1.29, 1.82) is 0 Å². The lowest BCUT2D eigenvalue weighted by molar-refractivity contribution is 1.06. The molecule has 0 bridgehead atoms. The summed E-state index contributed by atoms with van der Waals surface area (Å²) in [7, 11) is 0. The second-order valence-electron chi connectivity index (χ2n) is 5.72. The number of hydrogen-bond donors (Lipinski definition) is 0. The number of rotatable bonds is 3. The molecule has 0 fully saturated rings. The summed E-state index contributed by atoms with van der Waals surface area (Å²) in [4.78, 5) is 12.1. The van der Waals surface area contributed by atoms with Gasteiger partial charge in [-0.1, -0.05) is 66.7 Å². The summed E-state index contributed by atoms with van der Waals surface area (Å²) in [5.74, 6) is 0.455. The van der Waals surface area contributed by atoms with Gasteiger partial charge in [0.2, 0.25) is 10.6 Å². The molecule has 0 saturated carbocycles. The van der Waals surface area contributed by atoms with E-state index in [1.807, 2.05) is 36.4 Å². The Morgan fingerprint density at radius 3 is 1.54 bits per heavy atom. The van der Waals surface area contributed by atoms with E-state index >= 15 is 0 Å². The number of aromatic nitrogens is 3. The molecule has 3 aromatic carbocycles. The lowest BCUT2D eigenvalue weighted by Gasteiger charge is -2.08. The van der Waals surface area contributed by atoms with Crippen LogP contribution in [0.4, 0.5) is 0 Å². The molecule has 4 aromatic rings. The van der Waals surface area contributed by atoms with Gasteiger partial charge in [-0.3, -0.25) is 0 Å². The first-order valence-electron chi connectivity index (χ1n) is 8.02. The third-order valence-corrected chi connectivity index (χ3v) is 4.34. The largest absolute Gasteiger partial charge is 0.227 e. The van der Waals surface area contributed by atoms with Crippen LogP contribution in [0.3, 0.4) is 0 Å². The van der Waals surface area contributed by atoms with E-state index in [0.29, 0.717) is 5.82 Å². The van der Waals surface area contributed by atoms with E-state index in [2.05, 4.69) is 57.4 Å². The first-order valence-corrected chi connectivity index (χ1v) is 8.78. The molecule has 3 nitrogen and oxygen atoms in total. The van der Waals surface area contributed by atoms with Gasteiger partial charge in [-0.2, -0.15) is 15.0 Å². The highest BCUT2D eigenvalue weighted by Gasteiger charge is 2.08. The second kappa shape index (κ2) is 7.24. The van der Waals surface area contributed by atoms with Crippen LogP contribution in [0.2, 0.25) is 10.6 Å². The third-order valence-electron chi connectivity index (χ3n) is 4.00. The zero-order valence-electron chi connectivity index (χ0n) is 13.6. The van der Waals surface area contributed by atoms with Gasteiger partial charge in [0.25, 0.3) is 0 Å². The first-order chi connectivity index (χ1) is 12.7. The van der Waals surface area contributed by atoms with Crippen LogP contribution in [0.1, 0.15) is 0 Å². The molecule has 0 amide bonds. The van der Waals surface area contributed by atoms with Gasteiger partial charge in [0.1, 0.15) is 0 Å². The zero-order valence-corrected chi connectivity index (χ0v) is 15.1. The number of benzene rings is 3. The Kier molecular flexibility index (Phi) is 4.65. The van der Waals surface area contributed by atoms with Crippen LogP contribution >= 0.6 is 23.2 Å². The van der Waals surface area contributed by atoms with Crippen molar-refractivity contribution in [2.24, 2.45) is 0 Å². The summed E-state index contributed by atoms with van der Waals surface area (Å²) in [6.45, 7) is 0.